The number of carboxylic acids is 1. The second kappa shape index (κ2) is 8.87. The van der Waals surface area contributed by atoms with Crippen LogP contribution in [0.2, 0.25) is 0 Å². The van der Waals surface area contributed by atoms with Crippen LogP contribution in [-0.4, -0.2) is 36.9 Å². The first-order valence-corrected chi connectivity index (χ1v) is 11.6. The predicted molar refractivity (Wildman–Crippen MR) is 120 cm³/mol. The number of hydroxylamine groups is 1. The van der Waals surface area contributed by atoms with Crippen LogP contribution in [-0.2, 0) is 14.9 Å². The molecule has 0 aliphatic carbocycles. The second-order valence-corrected chi connectivity index (χ2v) is 9.48. The average Bonchev–Trinajstić information content (AvgIpc) is 3.09. The number of rotatable bonds is 6. The zero-order valence-corrected chi connectivity index (χ0v) is 18.6. The van der Waals surface area contributed by atoms with Gasteiger partial charge in [-0.2, -0.15) is 15.3 Å². The second-order valence-electron chi connectivity index (χ2n) is 7.76. The van der Waals surface area contributed by atoms with Gasteiger partial charge >= 0.3 is 5.97 Å². The van der Waals surface area contributed by atoms with Crippen molar-refractivity contribution in [3.05, 3.63) is 60.2 Å². The normalized spacial score (nSPS) is 21.1. The van der Waals surface area contributed by atoms with Gasteiger partial charge in [0.15, 0.2) is 5.75 Å². The maximum absolute atomic E-state index is 12.6. The van der Waals surface area contributed by atoms with E-state index >= 15 is 0 Å². The number of nitrogens with one attached hydrogen (secondary N) is 2. The fraction of sp³-hybridized carbons (Fsp3) is 0.227. The summed E-state index contributed by atoms with van der Waals surface area (Å²) in [4.78, 5) is 16.9. The maximum Gasteiger partial charge on any atom is 0.340 e. The molecule has 172 valence electrons. The number of fused-ring (bicyclic) bond motifs is 1. The molecule has 3 atom stereocenters. The fourth-order valence-corrected chi connectivity index (χ4v) is 4.63. The molecule has 4 rings (SSSR count). The van der Waals surface area contributed by atoms with Gasteiger partial charge in [0.2, 0.25) is 10.0 Å². The van der Waals surface area contributed by atoms with E-state index < -0.39 is 28.0 Å². The summed E-state index contributed by atoms with van der Waals surface area (Å²) >= 11 is 0. The Morgan fingerprint density at radius 1 is 1.09 bits per heavy atom. The molecule has 0 saturated carbocycles. The SMILES string of the molecule is C[C@H]1[C@H](C)NO[C@@H]1NS(=O)(=O)c1ccc(N=Nc2cc3ccccc3c(C(=O)O)c2O)cc1. The minimum absolute atomic E-state index is 0.00801. The van der Waals surface area contributed by atoms with Crippen LogP contribution >= 0.6 is 0 Å². The van der Waals surface area contributed by atoms with E-state index in [1.54, 1.807) is 24.3 Å². The highest BCUT2D eigenvalue weighted by atomic mass is 32.2. The van der Waals surface area contributed by atoms with Crippen molar-refractivity contribution in [1.29, 1.82) is 0 Å². The van der Waals surface area contributed by atoms with Crippen LogP contribution in [0.15, 0.2) is 69.7 Å². The molecule has 33 heavy (non-hydrogen) atoms. The minimum atomic E-state index is -3.82. The largest absolute Gasteiger partial charge is 0.505 e. The molecule has 1 fully saturated rings. The molecule has 11 heteroatoms. The standard InChI is InChI=1S/C22H22N4O6S/c1-12-13(2)25-32-21(12)26-33(30,31)16-9-7-15(8-10-16)23-24-18-11-14-5-3-4-6-17(14)19(20(18)27)22(28)29/h3-13,21,25-27H,1-2H3,(H,28,29)/t12-,13-,21-/m0/s1. The molecule has 1 saturated heterocycles. The van der Waals surface area contributed by atoms with Crippen molar-refractivity contribution >= 4 is 38.1 Å². The van der Waals surface area contributed by atoms with Crippen molar-refractivity contribution in [2.24, 2.45) is 16.1 Å². The van der Waals surface area contributed by atoms with Gasteiger partial charge in [0.25, 0.3) is 0 Å². The van der Waals surface area contributed by atoms with Gasteiger partial charge in [-0.05, 0) is 42.6 Å². The first-order chi connectivity index (χ1) is 15.7. The van der Waals surface area contributed by atoms with Gasteiger partial charge in [-0.1, -0.05) is 31.2 Å². The lowest BCUT2D eigenvalue weighted by Crippen LogP contribution is -2.38. The number of hydrogen-bond acceptors (Lipinski definition) is 8. The van der Waals surface area contributed by atoms with Crippen molar-refractivity contribution in [3.63, 3.8) is 0 Å². The molecule has 3 aromatic carbocycles. The van der Waals surface area contributed by atoms with Crippen LogP contribution in [0.3, 0.4) is 0 Å². The molecule has 0 radical (unpaired) electrons. The quantitative estimate of drug-likeness (QED) is 0.400. The molecule has 4 N–H and O–H groups in total. The number of aromatic carboxylic acids is 1. The number of carboxylic acid groups (broad SMARTS) is 1. The van der Waals surface area contributed by atoms with Gasteiger partial charge in [-0.15, -0.1) is 5.11 Å². The van der Waals surface area contributed by atoms with Gasteiger partial charge < -0.3 is 10.2 Å². The smallest absolute Gasteiger partial charge is 0.340 e. The lowest BCUT2D eigenvalue weighted by Gasteiger charge is -2.16. The zero-order chi connectivity index (χ0) is 23.8. The van der Waals surface area contributed by atoms with Gasteiger partial charge in [0.05, 0.1) is 10.6 Å². The number of benzene rings is 3. The number of hydrogen-bond donors (Lipinski definition) is 4. The van der Waals surface area contributed by atoms with Crippen LogP contribution in [0.1, 0.15) is 24.2 Å². The molecule has 1 heterocycles. The van der Waals surface area contributed by atoms with E-state index in [1.165, 1.54) is 30.3 Å². The van der Waals surface area contributed by atoms with Crippen molar-refractivity contribution in [2.75, 3.05) is 0 Å². The topological polar surface area (TPSA) is 150 Å². The van der Waals surface area contributed by atoms with E-state index in [-0.39, 0.29) is 28.1 Å². The zero-order valence-electron chi connectivity index (χ0n) is 17.8. The third-order valence-electron chi connectivity index (χ3n) is 5.55. The molecule has 3 aromatic rings. The van der Waals surface area contributed by atoms with Crippen LogP contribution in [0.25, 0.3) is 10.8 Å². The van der Waals surface area contributed by atoms with Crippen molar-refractivity contribution < 1.29 is 28.3 Å². The lowest BCUT2D eigenvalue weighted by atomic mass is 10.0. The number of nitrogens with zero attached hydrogens (tertiary/aromatic N) is 2. The van der Waals surface area contributed by atoms with Crippen LogP contribution in [0.5, 0.6) is 5.75 Å². The van der Waals surface area contributed by atoms with Crippen LogP contribution in [0.4, 0.5) is 11.4 Å². The van der Waals surface area contributed by atoms with Crippen molar-refractivity contribution in [3.8, 4) is 5.75 Å². The van der Waals surface area contributed by atoms with E-state index in [4.69, 9.17) is 4.84 Å². The minimum Gasteiger partial charge on any atom is -0.505 e. The predicted octanol–water partition coefficient (Wildman–Crippen LogP) is 3.82. The Labute approximate surface area is 189 Å². The maximum atomic E-state index is 12.6. The summed E-state index contributed by atoms with van der Waals surface area (Å²) in [5, 5.41) is 28.9. The Morgan fingerprint density at radius 3 is 2.42 bits per heavy atom. The van der Waals surface area contributed by atoms with Crippen molar-refractivity contribution in [2.45, 2.75) is 31.0 Å². The Balaban J connectivity index is 1.57. The third-order valence-corrected chi connectivity index (χ3v) is 6.99. The number of sulfonamides is 1. The monoisotopic (exact) mass is 470 g/mol. The number of aromatic hydroxyl groups is 1. The van der Waals surface area contributed by atoms with Gasteiger partial charge in [0.1, 0.15) is 17.5 Å². The Hall–Kier alpha value is -3.38. The summed E-state index contributed by atoms with van der Waals surface area (Å²) in [6, 6.07) is 13.9. The molecule has 0 spiro atoms. The summed E-state index contributed by atoms with van der Waals surface area (Å²) in [5.74, 6) is -1.84. The molecule has 0 amide bonds. The van der Waals surface area contributed by atoms with Crippen LogP contribution in [0, 0.1) is 5.92 Å². The highest BCUT2D eigenvalue weighted by molar-refractivity contribution is 7.89. The number of carbonyl (C=O) groups is 1. The van der Waals surface area contributed by atoms with Gasteiger partial charge in [-0.25, -0.2) is 13.2 Å². The molecular weight excluding hydrogens is 448 g/mol. The van der Waals surface area contributed by atoms with E-state index in [0.29, 0.717) is 16.5 Å². The van der Waals surface area contributed by atoms with Gasteiger partial charge in [0, 0.05) is 17.3 Å². The first kappa shape index (κ1) is 22.8. The number of phenols is 1. The molecule has 0 unspecified atom stereocenters. The third kappa shape index (κ3) is 4.57. The molecular formula is C22H22N4O6S. The lowest BCUT2D eigenvalue weighted by molar-refractivity contribution is 0.0148. The highest BCUT2D eigenvalue weighted by Gasteiger charge is 2.34. The van der Waals surface area contributed by atoms with E-state index in [9.17, 15) is 23.4 Å². The van der Waals surface area contributed by atoms with E-state index in [2.05, 4.69) is 20.4 Å². The fourth-order valence-electron chi connectivity index (χ4n) is 3.43. The van der Waals surface area contributed by atoms with Gasteiger partial charge in [-0.3, -0.25) is 4.84 Å². The molecule has 0 bridgehead atoms. The molecule has 1 aliphatic rings. The molecule has 0 aromatic heterocycles. The Bertz CT molecular complexity index is 1340. The van der Waals surface area contributed by atoms with Crippen molar-refractivity contribution in [1.82, 2.24) is 10.2 Å². The Morgan fingerprint density at radius 2 is 1.79 bits per heavy atom. The average molecular weight is 471 g/mol. The van der Waals surface area contributed by atoms with E-state index in [1.807, 2.05) is 13.8 Å². The summed E-state index contributed by atoms with van der Waals surface area (Å²) < 4.78 is 27.8. The highest BCUT2D eigenvalue weighted by Crippen LogP contribution is 2.37. The van der Waals surface area contributed by atoms with Crippen LogP contribution < -0.4 is 10.2 Å². The summed E-state index contributed by atoms with van der Waals surface area (Å²) in [7, 11) is -3.82. The Kier molecular flexibility index (Phi) is 6.13. The summed E-state index contributed by atoms with van der Waals surface area (Å²) in [5.41, 5.74) is 2.79. The molecule has 10 nitrogen and oxygen atoms in total. The summed E-state index contributed by atoms with van der Waals surface area (Å²) in [6.07, 6.45) is -0.691. The summed E-state index contributed by atoms with van der Waals surface area (Å²) in [6.45, 7) is 3.77. The molecule has 1 aliphatic heterocycles. The first-order valence-electron chi connectivity index (χ1n) is 10.1. The number of azo groups is 1. The van der Waals surface area contributed by atoms with E-state index in [0.717, 1.165) is 0 Å².